The van der Waals surface area contributed by atoms with Crippen LogP contribution in [0.15, 0.2) is 36.4 Å². The molecule has 0 saturated heterocycles. The Morgan fingerprint density at radius 1 is 1.11 bits per heavy atom. The molecule has 0 bridgehead atoms. The minimum absolute atomic E-state index is 0.0171. The molecule has 0 spiro atoms. The normalized spacial score (nSPS) is 14.3. The Balaban J connectivity index is 2.43. The van der Waals surface area contributed by atoms with E-state index in [0.717, 1.165) is 29.7 Å². The number of rotatable bonds is 5. The lowest BCUT2D eigenvalue weighted by Crippen LogP contribution is -2.12. The lowest BCUT2D eigenvalue weighted by Gasteiger charge is -2.18. The predicted molar refractivity (Wildman–Crippen MR) is 81.5 cm³/mol. The van der Waals surface area contributed by atoms with Crippen LogP contribution in [0, 0.1) is 5.92 Å². The zero-order valence-electron chi connectivity index (χ0n) is 12.0. The number of benzene rings is 2. The van der Waals surface area contributed by atoms with Gasteiger partial charge in [-0.05, 0) is 18.2 Å². The van der Waals surface area contributed by atoms with Gasteiger partial charge in [-0.1, -0.05) is 56.7 Å². The fraction of sp³-hybridized carbons (Fsp3) is 0.412. The molecule has 2 rings (SSSR count). The molecule has 0 aliphatic rings. The molecule has 2 aromatic carbocycles. The molecule has 2 heteroatoms. The average Bonchev–Trinajstić information content (AvgIpc) is 2.43. The van der Waals surface area contributed by atoms with Gasteiger partial charge >= 0.3 is 0 Å². The van der Waals surface area contributed by atoms with Gasteiger partial charge in [-0.2, -0.15) is 0 Å². The van der Waals surface area contributed by atoms with Crippen molar-refractivity contribution in [1.82, 2.24) is 0 Å². The van der Waals surface area contributed by atoms with Crippen LogP contribution in [-0.4, -0.2) is 6.61 Å². The molecule has 102 valence electrons. The molecular formula is C17H23NO. The van der Waals surface area contributed by atoms with Crippen molar-refractivity contribution in [3.8, 4) is 5.75 Å². The topological polar surface area (TPSA) is 35.2 Å². The molecule has 19 heavy (non-hydrogen) atoms. The van der Waals surface area contributed by atoms with Crippen LogP contribution in [0.4, 0.5) is 0 Å². The first-order chi connectivity index (χ1) is 9.13. The summed E-state index contributed by atoms with van der Waals surface area (Å²) in [6.07, 6.45) is 1.12. The summed E-state index contributed by atoms with van der Waals surface area (Å²) in [4.78, 5) is 0. The minimum Gasteiger partial charge on any atom is -0.492 e. The van der Waals surface area contributed by atoms with E-state index < -0.39 is 0 Å². The second-order valence-corrected chi connectivity index (χ2v) is 5.32. The fourth-order valence-electron chi connectivity index (χ4n) is 2.12. The van der Waals surface area contributed by atoms with Crippen LogP contribution in [0.3, 0.4) is 0 Å². The maximum atomic E-state index is 6.08. The van der Waals surface area contributed by atoms with Crippen LogP contribution in [0.2, 0.25) is 0 Å². The van der Waals surface area contributed by atoms with Crippen LogP contribution in [0.1, 0.15) is 38.8 Å². The molecule has 0 heterocycles. The number of ether oxygens (including phenoxy) is 1. The molecule has 0 radical (unpaired) electrons. The molecule has 0 fully saturated rings. The zero-order valence-corrected chi connectivity index (χ0v) is 12.0. The highest BCUT2D eigenvalue weighted by Gasteiger charge is 2.13. The van der Waals surface area contributed by atoms with Crippen molar-refractivity contribution in [2.75, 3.05) is 6.61 Å². The maximum Gasteiger partial charge on any atom is 0.131 e. The van der Waals surface area contributed by atoms with Gasteiger partial charge in [0.15, 0.2) is 0 Å². The molecule has 2 nitrogen and oxygen atoms in total. The van der Waals surface area contributed by atoms with Gasteiger partial charge in [-0.25, -0.2) is 0 Å². The highest BCUT2D eigenvalue weighted by Crippen LogP contribution is 2.33. The largest absolute Gasteiger partial charge is 0.492 e. The van der Waals surface area contributed by atoms with E-state index in [2.05, 4.69) is 38.1 Å². The summed E-state index contributed by atoms with van der Waals surface area (Å²) in [5.74, 6) is 1.51. The summed E-state index contributed by atoms with van der Waals surface area (Å²) in [6, 6.07) is 12.5. The van der Waals surface area contributed by atoms with Gasteiger partial charge in [0.25, 0.3) is 0 Å². The summed E-state index contributed by atoms with van der Waals surface area (Å²) in [5.41, 5.74) is 7.15. The molecule has 2 aromatic rings. The van der Waals surface area contributed by atoms with Crippen molar-refractivity contribution in [2.24, 2.45) is 11.7 Å². The van der Waals surface area contributed by atoms with Crippen molar-refractivity contribution in [1.29, 1.82) is 0 Å². The van der Waals surface area contributed by atoms with Crippen LogP contribution < -0.4 is 10.5 Å². The number of hydrogen-bond acceptors (Lipinski definition) is 2. The van der Waals surface area contributed by atoms with E-state index in [1.165, 1.54) is 5.39 Å². The van der Waals surface area contributed by atoms with E-state index >= 15 is 0 Å². The first-order valence-corrected chi connectivity index (χ1v) is 7.03. The van der Waals surface area contributed by atoms with E-state index in [0.29, 0.717) is 5.92 Å². The SMILES string of the molecule is CCC(C)COc1c(C(C)N)ccc2ccccc12. The van der Waals surface area contributed by atoms with Crippen LogP contribution in [-0.2, 0) is 0 Å². The van der Waals surface area contributed by atoms with Gasteiger partial charge < -0.3 is 10.5 Å². The Labute approximate surface area is 115 Å². The third kappa shape index (κ3) is 3.07. The Kier molecular flexibility index (Phi) is 4.43. The third-order valence-corrected chi connectivity index (χ3v) is 3.61. The monoisotopic (exact) mass is 257 g/mol. The summed E-state index contributed by atoms with van der Waals surface area (Å²) in [6.45, 7) is 7.13. The number of fused-ring (bicyclic) bond motifs is 1. The second-order valence-electron chi connectivity index (χ2n) is 5.32. The van der Waals surface area contributed by atoms with Gasteiger partial charge in [0.05, 0.1) is 6.61 Å². The maximum absolute atomic E-state index is 6.08. The van der Waals surface area contributed by atoms with Crippen molar-refractivity contribution in [3.05, 3.63) is 42.0 Å². The van der Waals surface area contributed by atoms with E-state index in [1.807, 2.05) is 19.1 Å². The lowest BCUT2D eigenvalue weighted by molar-refractivity contribution is 0.256. The van der Waals surface area contributed by atoms with E-state index in [-0.39, 0.29) is 6.04 Å². The molecule has 0 aliphatic carbocycles. The average molecular weight is 257 g/mol. The lowest BCUT2D eigenvalue weighted by atomic mass is 10.0. The van der Waals surface area contributed by atoms with E-state index in [1.54, 1.807) is 0 Å². The first-order valence-electron chi connectivity index (χ1n) is 7.03. The third-order valence-electron chi connectivity index (χ3n) is 3.61. The minimum atomic E-state index is -0.0171. The Hall–Kier alpha value is -1.54. The van der Waals surface area contributed by atoms with Crippen molar-refractivity contribution >= 4 is 10.8 Å². The van der Waals surface area contributed by atoms with Gasteiger partial charge in [0.2, 0.25) is 0 Å². The van der Waals surface area contributed by atoms with Gasteiger partial charge in [0.1, 0.15) is 5.75 Å². The van der Waals surface area contributed by atoms with Gasteiger partial charge in [-0.15, -0.1) is 0 Å². The summed E-state index contributed by atoms with van der Waals surface area (Å²) in [5, 5.41) is 2.35. The number of nitrogens with two attached hydrogens (primary N) is 1. The quantitative estimate of drug-likeness (QED) is 0.867. The van der Waals surface area contributed by atoms with E-state index in [9.17, 15) is 0 Å². The summed E-state index contributed by atoms with van der Waals surface area (Å²) in [7, 11) is 0. The van der Waals surface area contributed by atoms with Crippen LogP contribution >= 0.6 is 0 Å². The summed E-state index contributed by atoms with van der Waals surface area (Å²) < 4.78 is 6.08. The van der Waals surface area contributed by atoms with Crippen LogP contribution in [0.5, 0.6) is 5.75 Å². The van der Waals surface area contributed by atoms with Gasteiger partial charge in [0, 0.05) is 17.0 Å². The molecule has 0 saturated carbocycles. The molecule has 2 N–H and O–H groups in total. The van der Waals surface area contributed by atoms with E-state index in [4.69, 9.17) is 10.5 Å². The molecular weight excluding hydrogens is 234 g/mol. The predicted octanol–water partition coefficient (Wildman–Crippen LogP) is 4.28. The van der Waals surface area contributed by atoms with Gasteiger partial charge in [-0.3, -0.25) is 0 Å². The molecule has 0 aliphatic heterocycles. The Morgan fingerprint density at radius 2 is 1.84 bits per heavy atom. The standard InChI is InChI=1S/C17H23NO/c1-4-12(2)11-19-17-15(13(3)18)10-9-14-7-5-6-8-16(14)17/h5-10,12-13H,4,11,18H2,1-3H3. The Morgan fingerprint density at radius 3 is 2.53 bits per heavy atom. The number of hydrogen-bond donors (Lipinski definition) is 1. The molecule has 0 aromatic heterocycles. The molecule has 0 amide bonds. The van der Waals surface area contributed by atoms with Crippen molar-refractivity contribution < 1.29 is 4.74 Å². The second kappa shape index (κ2) is 6.07. The highest BCUT2D eigenvalue weighted by atomic mass is 16.5. The van der Waals surface area contributed by atoms with Crippen molar-refractivity contribution in [2.45, 2.75) is 33.2 Å². The zero-order chi connectivity index (χ0) is 13.8. The smallest absolute Gasteiger partial charge is 0.131 e. The first kappa shape index (κ1) is 13.9. The molecule has 2 unspecified atom stereocenters. The molecule has 2 atom stereocenters. The Bertz CT molecular complexity index is 548. The highest BCUT2D eigenvalue weighted by molar-refractivity contribution is 5.89. The van der Waals surface area contributed by atoms with Crippen molar-refractivity contribution in [3.63, 3.8) is 0 Å². The fourth-order valence-corrected chi connectivity index (χ4v) is 2.12. The summed E-state index contributed by atoms with van der Waals surface area (Å²) >= 11 is 0. The van der Waals surface area contributed by atoms with Crippen LogP contribution in [0.25, 0.3) is 10.8 Å².